The molecule has 1 aromatic heterocycles. The highest BCUT2D eigenvalue weighted by atomic mass is 127. The van der Waals surface area contributed by atoms with Gasteiger partial charge in [0.2, 0.25) is 5.56 Å². The number of aromatic nitrogens is 1. The second-order valence-electron chi connectivity index (χ2n) is 2.18. The molecule has 1 heterocycles. The Balaban J connectivity index is 3.50. The van der Waals surface area contributed by atoms with E-state index in [9.17, 15) is 13.6 Å². The summed E-state index contributed by atoms with van der Waals surface area (Å²) in [5.74, 6) is 0. The molecular weight excluding hydrogens is 293 g/mol. The summed E-state index contributed by atoms with van der Waals surface area (Å²) >= 11 is 1.60. The number of halogens is 3. The lowest BCUT2D eigenvalue weighted by Gasteiger charge is -2.03. The van der Waals surface area contributed by atoms with Gasteiger partial charge in [0, 0.05) is 9.64 Å². The lowest BCUT2D eigenvalue weighted by Crippen LogP contribution is -2.11. The number of nitrogens with one attached hydrogen (secondary N) is 1. The average Bonchev–Trinajstić information content (AvgIpc) is 2.01. The zero-order valence-corrected chi connectivity index (χ0v) is 8.30. The fraction of sp³-hybridized carbons (Fsp3) is 0.143. The quantitative estimate of drug-likeness (QED) is 0.803. The Labute approximate surface area is 85.5 Å². The minimum Gasteiger partial charge on any atom is -0.313 e. The monoisotopic (exact) mass is 296 g/mol. The maximum absolute atomic E-state index is 12.3. The molecule has 0 aliphatic carbocycles. The molecule has 3 nitrogen and oxygen atoms in total. The van der Waals surface area contributed by atoms with Crippen LogP contribution in [-0.2, 0) is 0 Å². The molecule has 0 amide bonds. The molecule has 13 heavy (non-hydrogen) atoms. The number of pyridine rings is 1. The fourth-order valence-electron chi connectivity index (χ4n) is 0.840. The molecule has 0 bridgehead atoms. The van der Waals surface area contributed by atoms with Crippen molar-refractivity contribution in [2.24, 2.45) is 0 Å². The molecule has 0 fully saturated rings. The van der Waals surface area contributed by atoms with Gasteiger partial charge in [-0.25, -0.2) is 8.78 Å². The van der Waals surface area contributed by atoms with E-state index in [1.165, 1.54) is 6.07 Å². The lowest BCUT2D eigenvalue weighted by atomic mass is 10.2. The van der Waals surface area contributed by atoms with Gasteiger partial charge in [-0.05, 0) is 22.6 Å². The van der Waals surface area contributed by atoms with Gasteiger partial charge in [-0.15, -0.1) is 0 Å². The molecule has 0 aromatic carbocycles. The summed E-state index contributed by atoms with van der Waals surface area (Å²) in [6.45, 7) is 0. The van der Waals surface area contributed by atoms with Crippen LogP contribution in [0.25, 0.3) is 0 Å². The Morgan fingerprint density at radius 3 is 2.69 bits per heavy atom. The van der Waals surface area contributed by atoms with Gasteiger partial charge < -0.3 is 4.98 Å². The second-order valence-corrected chi connectivity index (χ2v) is 3.34. The SMILES string of the molecule is N#Cc1[nH]c(=O)cc(I)c1C(F)F. The first-order valence-corrected chi connectivity index (χ1v) is 4.25. The van der Waals surface area contributed by atoms with E-state index in [1.807, 2.05) is 4.98 Å². The van der Waals surface area contributed by atoms with Crippen LogP contribution in [0.5, 0.6) is 0 Å². The van der Waals surface area contributed by atoms with Gasteiger partial charge >= 0.3 is 0 Å². The Morgan fingerprint density at radius 2 is 2.23 bits per heavy atom. The predicted octanol–water partition coefficient (Wildman–Crippen LogP) is 1.79. The van der Waals surface area contributed by atoms with Crippen molar-refractivity contribution in [2.45, 2.75) is 6.43 Å². The second kappa shape index (κ2) is 3.83. The molecule has 1 rings (SSSR count). The molecule has 0 aliphatic heterocycles. The van der Waals surface area contributed by atoms with Crippen LogP contribution < -0.4 is 5.56 Å². The van der Waals surface area contributed by atoms with Crippen molar-refractivity contribution in [3.63, 3.8) is 0 Å². The third-order valence-electron chi connectivity index (χ3n) is 1.36. The van der Waals surface area contributed by atoms with Crippen molar-refractivity contribution in [3.8, 4) is 6.07 Å². The number of H-pyrrole nitrogens is 1. The van der Waals surface area contributed by atoms with Gasteiger partial charge in [-0.2, -0.15) is 5.26 Å². The first-order valence-electron chi connectivity index (χ1n) is 3.17. The van der Waals surface area contributed by atoms with Crippen LogP contribution in [0, 0.1) is 14.9 Å². The van der Waals surface area contributed by atoms with E-state index in [2.05, 4.69) is 0 Å². The third kappa shape index (κ3) is 2.03. The molecule has 1 N–H and O–H groups in total. The molecule has 0 saturated heterocycles. The summed E-state index contributed by atoms with van der Waals surface area (Å²) in [5.41, 5.74) is -1.33. The van der Waals surface area contributed by atoms with Gasteiger partial charge in [-0.1, -0.05) is 0 Å². The van der Waals surface area contributed by atoms with E-state index >= 15 is 0 Å². The molecule has 0 atom stereocenters. The largest absolute Gasteiger partial charge is 0.313 e. The molecule has 0 unspecified atom stereocenters. The molecule has 68 valence electrons. The zero-order chi connectivity index (χ0) is 10.0. The van der Waals surface area contributed by atoms with Crippen molar-refractivity contribution in [1.29, 1.82) is 5.26 Å². The first-order chi connectivity index (χ1) is 6.06. The van der Waals surface area contributed by atoms with E-state index < -0.39 is 17.5 Å². The van der Waals surface area contributed by atoms with Crippen LogP contribution in [0.3, 0.4) is 0 Å². The Kier molecular flexibility index (Phi) is 2.98. The van der Waals surface area contributed by atoms with Crippen molar-refractivity contribution in [2.75, 3.05) is 0 Å². The van der Waals surface area contributed by atoms with Crippen molar-refractivity contribution >= 4 is 22.6 Å². The molecular formula is C7H3F2IN2O. The van der Waals surface area contributed by atoms with E-state index in [0.29, 0.717) is 0 Å². The lowest BCUT2D eigenvalue weighted by molar-refractivity contribution is 0.149. The van der Waals surface area contributed by atoms with Gasteiger partial charge in [0.25, 0.3) is 6.43 Å². The van der Waals surface area contributed by atoms with Crippen LogP contribution in [0.1, 0.15) is 17.7 Å². The smallest absolute Gasteiger partial charge is 0.267 e. The van der Waals surface area contributed by atoms with E-state index in [4.69, 9.17) is 5.26 Å². The number of nitriles is 1. The summed E-state index contributed by atoms with van der Waals surface area (Å²) in [6, 6.07) is 2.55. The van der Waals surface area contributed by atoms with Crippen molar-refractivity contribution in [3.05, 3.63) is 31.2 Å². The third-order valence-corrected chi connectivity index (χ3v) is 2.26. The minimum absolute atomic E-state index is 0.105. The maximum atomic E-state index is 12.3. The van der Waals surface area contributed by atoms with Crippen molar-refractivity contribution < 1.29 is 8.78 Å². The van der Waals surface area contributed by atoms with Gasteiger partial charge in [0.05, 0.1) is 5.56 Å². The molecule has 0 spiro atoms. The fourth-order valence-corrected chi connectivity index (χ4v) is 1.63. The Morgan fingerprint density at radius 1 is 1.62 bits per heavy atom. The number of rotatable bonds is 1. The van der Waals surface area contributed by atoms with E-state index in [0.717, 1.165) is 6.07 Å². The number of alkyl halides is 2. The first kappa shape index (κ1) is 10.1. The highest BCUT2D eigenvalue weighted by molar-refractivity contribution is 14.1. The highest BCUT2D eigenvalue weighted by Crippen LogP contribution is 2.24. The van der Waals surface area contributed by atoms with Crippen LogP contribution >= 0.6 is 22.6 Å². The number of nitrogens with zero attached hydrogens (tertiary/aromatic N) is 1. The standard InChI is InChI=1S/C7H3F2IN2O/c8-7(9)6-3(10)1-5(13)12-4(6)2-11/h1,7H,(H,12,13). The van der Waals surface area contributed by atoms with Crippen LogP contribution in [-0.4, -0.2) is 4.98 Å². The normalized spacial score (nSPS) is 10.1. The number of aromatic amines is 1. The van der Waals surface area contributed by atoms with Gasteiger partial charge in [0.1, 0.15) is 11.8 Å². The summed E-state index contributed by atoms with van der Waals surface area (Å²) in [7, 11) is 0. The molecule has 0 saturated carbocycles. The van der Waals surface area contributed by atoms with Crippen LogP contribution in [0.4, 0.5) is 8.78 Å². The molecule has 1 aromatic rings. The number of hydrogen-bond acceptors (Lipinski definition) is 2. The Hall–Kier alpha value is -0.970. The van der Waals surface area contributed by atoms with Gasteiger partial charge in [-0.3, -0.25) is 4.79 Å². The average molecular weight is 296 g/mol. The van der Waals surface area contributed by atoms with Crippen LogP contribution in [0.15, 0.2) is 10.9 Å². The Bertz CT molecular complexity index is 421. The summed E-state index contributed by atoms with van der Waals surface area (Å²) < 4.78 is 24.8. The van der Waals surface area contributed by atoms with Crippen molar-refractivity contribution in [1.82, 2.24) is 4.98 Å². The summed E-state index contributed by atoms with van der Waals surface area (Å²) in [6.07, 6.45) is -2.75. The summed E-state index contributed by atoms with van der Waals surface area (Å²) in [4.78, 5) is 12.8. The summed E-state index contributed by atoms with van der Waals surface area (Å²) in [5, 5.41) is 8.46. The van der Waals surface area contributed by atoms with E-state index in [-0.39, 0.29) is 9.26 Å². The molecule has 0 aliphatic rings. The molecule has 0 radical (unpaired) electrons. The maximum Gasteiger partial charge on any atom is 0.267 e. The predicted molar refractivity (Wildman–Crippen MR) is 49.5 cm³/mol. The van der Waals surface area contributed by atoms with Gasteiger partial charge in [0.15, 0.2) is 0 Å². The van der Waals surface area contributed by atoms with E-state index in [1.54, 1.807) is 22.6 Å². The van der Waals surface area contributed by atoms with Crippen LogP contribution in [0.2, 0.25) is 0 Å². The molecule has 6 heteroatoms. The zero-order valence-electron chi connectivity index (χ0n) is 6.14. The highest BCUT2D eigenvalue weighted by Gasteiger charge is 2.17. The topological polar surface area (TPSA) is 56.6 Å². The minimum atomic E-state index is -2.75. The number of hydrogen-bond donors (Lipinski definition) is 1.